The van der Waals surface area contributed by atoms with E-state index in [1.165, 1.54) is 6.92 Å². The van der Waals surface area contributed by atoms with Crippen LogP contribution in [0.2, 0.25) is 5.02 Å². The molecule has 0 heterocycles. The maximum atomic E-state index is 11.9. The Morgan fingerprint density at radius 3 is 2.67 bits per heavy atom. The lowest BCUT2D eigenvalue weighted by Crippen LogP contribution is -2.44. The normalized spacial score (nSPS) is 11.8. The van der Waals surface area contributed by atoms with Crippen molar-refractivity contribution in [3.05, 3.63) is 27.7 Å². The van der Waals surface area contributed by atoms with Crippen LogP contribution in [0.4, 0.5) is 5.69 Å². The second-order valence-corrected chi connectivity index (χ2v) is 5.18. The minimum atomic E-state index is -0.666. The third-order valence-electron chi connectivity index (χ3n) is 2.06. The van der Waals surface area contributed by atoms with Crippen molar-refractivity contribution in [2.45, 2.75) is 13.0 Å². The highest BCUT2D eigenvalue weighted by atomic mass is 79.9. The van der Waals surface area contributed by atoms with E-state index in [2.05, 4.69) is 39.2 Å². The van der Waals surface area contributed by atoms with E-state index in [0.29, 0.717) is 15.2 Å². The summed E-state index contributed by atoms with van der Waals surface area (Å²) >= 11 is 13.1. The average molecular weight is 352 g/mol. The van der Waals surface area contributed by atoms with Gasteiger partial charge in [-0.15, -0.1) is 0 Å². The van der Waals surface area contributed by atoms with Gasteiger partial charge in [-0.1, -0.05) is 11.6 Å². The molecule has 0 saturated carbocycles. The number of thiol groups is 1. The van der Waals surface area contributed by atoms with E-state index >= 15 is 0 Å². The summed E-state index contributed by atoms with van der Waals surface area (Å²) in [4.78, 5) is 22.8. The van der Waals surface area contributed by atoms with E-state index in [-0.39, 0.29) is 17.6 Å². The first-order valence-electron chi connectivity index (χ1n) is 5.08. The number of carbonyl (C=O) groups excluding carboxylic acids is 2. The summed E-state index contributed by atoms with van der Waals surface area (Å²) in [5, 5.41) is 5.74. The van der Waals surface area contributed by atoms with Gasteiger partial charge < -0.3 is 10.6 Å². The highest BCUT2D eigenvalue weighted by Gasteiger charge is 2.17. The molecule has 0 aromatic heterocycles. The molecular formula is C11H12BrClN2O2S. The number of hydrogen-bond donors (Lipinski definition) is 3. The summed E-state index contributed by atoms with van der Waals surface area (Å²) in [5.41, 5.74) is 0.591. The topological polar surface area (TPSA) is 58.2 Å². The highest BCUT2D eigenvalue weighted by Crippen LogP contribution is 2.25. The predicted octanol–water partition coefficient (Wildman–Crippen LogP) is 2.48. The van der Waals surface area contributed by atoms with Gasteiger partial charge >= 0.3 is 0 Å². The monoisotopic (exact) mass is 350 g/mol. The van der Waals surface area contributed by atoms with Crippen molar-refractivity contribution in [1.29, 1.82) is 0 Å². The summed E-state index contributed by atoms with van der Waals surface area (Å²) in [5.74, 6) is -0.379. The Balaban J connectivity index is 2.73. The third-order valence-corrected chi connectivity index (χ3v) is 3.64. The summed E-state index contributed by atoms with van der Waals surface area (Å²) in [6.07, 6.45) is 0. The fraction of sp³-hybridized carbons (Fsp3) is 0.273. The summed E-state index contributed by atoms with van der Waals surface area (Å²) < 4.78 is 0.684. The summed E-state index contributed by atoms with van der Waals surface area (Å²) in [6.45, 7) is 1.35. The maximum absolute atomic E-state index is 11.9. The zero-order chi connectivity index (χ0) is 13.7. The van der Waals surface area contributed by atoms with Crippen LogP contribution < -0.4 is 10.6 Å². The molecule has 1 aromatic rings. The molecule has 4 nitrogen and oxygen atoms in total. The second-order valence-electron chi connectivity index (χ2n) is 3.55. The lowest BCUT2D eigenvalue weighted by atomic mass is 10.2. The molecule has 1 unspecified atom stereocenters. The first-order chi connectivity index (χ1) is 8.43. The molecule has 7 heteroatoms. The molecule has 98 valence electrons. The number of hydrogen-bond acceptors (Lipinski definition) is 3. The molecule has 1 aromatic carbocycles. The van der Waals surface area contributed by atoms with Crippen molar-refractivity contribution in [3.8, 4) is 0 Å². The van der Waals surface area contributed by atoms with Crippen LogP contribution in [-0.2, 0) is 9.59 Å². The van der Waals surface area contributed by atoms with Gasteiger partial charge in [-0.25, -0.2) is 0 Å². The van der Waals surface area contributed by atoms with Gasteiger partial charge in [-0.3, -0.25) is 9.59 Å². The van der Waals surface area contributed by atoms with Gasteiger partial charge in [0.1, 0.15) is 6.04 Å². The van der Waals surface area contributed by atoms with Gasteiger partial charge in [-0.2, -0.15) is 12.6 Å². The van der Waals surface area contributed by atoms with Crippen LogP contribution in [0.5, 0.6) is 0 Å². The van der Waals surface area contributed by atoms with E-state index in [9.17, 15) is 9.59 Å². The fourth-order valence-corrected chi connectivity index (χ4v) is 2.00. The minimum Gasteiger partial charge on any atom is -0.344 e. The molecule has 18 heavy (non-hydrogen) atoms. The van der Waals surface area contributed by atoms with E-state index < -0.39 is 6.04 Å². The van der Waals surface area contributed by atoms with Crippen LogP contribution in [0.1, 0.15) is 6.92 Å². The molecule has 1 atom stereocenters. The summed E-state index contributed by atoms with van der Waals surface area (Å²) in [7, 11) is 0. The molecule has 0 radical (unpaired) electrons. The third kappa shape index (κ3) is 4.51. The average Bonchev–Trinajstić information content (AvgIpc) is 2.30. The molecule has 0 aliphatic rings. The van der Waals surface area contributed by atoms with Gasteiger partial charge in [0.25, 0.3) is 0 Å². The minimum absolute atomic E-state index is 0.222. The molecule has 0 fully saturated rings. The molecule has 2 N–H and O–H groups in total. The van der Waals surface area contributed by atoms with Crippen molar-refractivity contribution in [3.63, 3.8) is 0 Å². The van der Waals surface area contributed by atoms with E-state index in [4.69, 9.17) is 11.6 Å². The van der Waals surface area contributed by atoms with Crippen molar-refractivity contribution >= 4 is 57.7 Å². The molecule has 0 aliphatic heterocycles. The lowest BCUT2D eigenvalue weighted by Gasteiger charge is -2.15. The van der Waals surface area contributed by atoms with Crippen molar-refractivity contribution in [2.24, 2.45) is 0 Å². The Morgan fingerprint density at radius 2 is 2.17 bits per heavy atom. The predicted molar refractivity (Wildman–Crippen MR) is 79.2 cm³/mol. The van der Waals surface area contributed by atoms with Gasteiger partial charge in [0.15, 0.2) is 0 Å². The van der Waals surface area contributed by atoms with E-state index in [1.807, 2.05) is 0 Å². The molecular weight excluding hydrogens is 340 g/mol. The van der Waals surface area contributed by atoms with Crippen LogP contribution in [0.3, 0.4) is 0 Å². The maximum Gasteiger partial charge on any atom is 0.247 e. The van der Waals surface area contributed by atoms with Gasteiger partial charge in [-0.05, 0) is 34.1 Å². The Bertz CT molecular complexity index is 470. The van der Waals surface area contributed by atoms with E-state index in [0.717, 1.165) is 0 Å². The Morgan fingerprint density at radius 1 is 1.50 bits per heavy atom. The number of carbonyl (C=O) groups is 2. The number of halogens is 2. The van der Waals surface area contributed by atoms with Crippen molar-refractivity contribution in [1.82, 2.24) is 5.32 Å². The number of nitrogens with one attached hydrogen (secondary N) is 2. The Kier molecular flexibility index (Phi) is 5.98. The quantitative estimate of drug-likeness (QED) is 0.730. The first-order valence-corrected chi connectivity index (χ1v) is 6.88. The molecule has 2 amide bonds. The van der Waals surface area contributed by atoms with Gasteiger partial charge in [0.2, 0.25) is 11.8 Å². The zero-order valence-electron chi connectivity index (χ0n) is 9.54. The number of benzene rings is 1. The zero-order valence-corrected chi connectivity index (χ0v) is 12.8. The molecule has 0 saturated heterocycles. The van der Waals surface area contributed by atoms with Crippen LogP contribution in [0.15, 0.2) is 22.7 Å². The smallest absolute Gasteiger partial charge is 0.247 e. The van der Waals surface area contributed by atoms with Crippen LogP contribution in [0, 0.1) is 0 Å². The van der Waals surface area contributed by atoms with Crippen molar-refractivity contribution in [2.75, 3.05) is 11.1 Å². The Labute approximate surface area is 124 Å². The first kappa shape index (κ1) is 15.3. The Hall–Kier alpha value is -0.720. The van der Waals surface area contributed by atoms with Crippen molar-refractivity contribution < 1.29 is 9.59 Å². The molecule has 0 aliphatic carbocycles. The van der Waals surface area contributed by atoms with Gasteiger partial charge in [0.05, 0.1) is 5.02 Å². The fourth-order valence-electron chi connectivity index (χ4n) is 1.24. The summed E-state index contributed by atoms with van der Waals surface area (Å²) in [6, 6.07) is 4.35. The standard InChI is InChI=1S/C11H12BrClN2O2S/c1-6(16)14-10(5-18)11(17)15-7-2-3-9(13)8(12)4-7/h2-4,10,18H,5H2,1H3,(H,14,16)(H,15,17). The number of amides is 2. The van der Waals surface area contributed by atoms with Crippen LogP contribution in [0.25, 0.3) is 0 Å². The van der Waals surface area contributed by atoms with E-state index in [1.54, 1.807) is 18.2 Å². The number of anilines is 1. The van der Waals surface area contributed by atoms with Crippen LogP contribution >= 0.6 is 40.2 Å². The molecule has 0 spiro atoms. The van der Waals surface area contributed by atoms with Gasteiger partial charge in [0, 0.05) is 22.8 Å². The molecule has 1 rings (SSSR count). The largest absolute Gasteiger partial charge is 0.344 e. The SMILES string of the molecule is CC(=O)NC(CS)C(=O)Nc1ccc(Cl)c(Br)c1. The lowest BCUT2D eigenvalue weighted by molar-refractivity contribution is -0.124. The number of rotatable bonds is 4. The van der Waals surface area contributed by atoms with Crippen LogP contribution in [-0.4, -0.2) is 23.6 Å². The second kappa shape index (κ2) is 7.01. The highest BCUT2D eigenvalue weighted by molar-refractivity contribution is 9.10. The molecule has 0 bridgehead atoms.